The van der Waals surface area contributed by atoms with Crippen LogP contribution in [-0.4, -0.2) is 11.1 Å². The predicted molar refractivity (Wildman–Crippen MR) is 66.2 cm³/mol. The van der Waals surface area contributed by atoms with E-state index in [1.807, 2.05) is 6.07 Å². The Morgan fingerprint density at radius 3 is 3.11 bits per heavy atom. The number of benzene rings is 1. The standard InChI is InChI=1S/C14H13FN2O2/c1-8-7-13(17-19-8)14(18)16-12-6-5-9-10(12)3-2-4-11(9)15/h2-4,7,12H,5-6H2,1H3,(H,16,18). The number of carbonyl (C=O) groups is 1. The van der Waals surface area contributed by atoms with Crippen LogP contribution in [0.5, 0.6) is 0 Å². The van der Waals surface area contributed by atoms with Gasteiger partial charge in [-0.3, -0.25) is 4.79 Å². The van der Waals surface area contributed by atoms with Gasteiger partial charge in [-0.05, 0) is 37.0 Å². The smallest absolute Gasteiger partial charge is 0.273 e. The molecule has 0 fully saturated rings. The van der Waals surface area contributed by atoms with E-state index in [1.165, 1.54) is 6.07 Å². The molecule has 1 amide bonds. The van der Waals surface area contributed by atoms with Gasteiger partial charge in [0.1, 0.15) is 11.6 Å². The van der Waals surface area contributed by atoms with Crippen LogP contribution >= 0.6 is 0 Å². The van der Waals surface area contributed by atoms with Crippen molar-refractivity contribution in [3.8, 4) is 0 Å². The van der Waals surface area contributed by atoms with Gasteiger partial charge in [0.25, 0.3) is 5.91 Å². The number of amides is 1. The van der Waals surface area contributed by atoms with E-state index in [0.717, 1.165) is 5.56 Å². The third-order valence-corrected chi connectivity index (χ3v) is 3.38. The maximum absolute atomic E-state index is 13.6. The molecule has 4 nitrogen and oxygen atoms in total. The van der Waals surface area contributed by atoms with Crippen LogP contribution in [0.2, 0.25) is 0 Å². The van der Waals surface area contributed by atoms with Gasteiger partial charge < -0.3 is 9.84 Å². The average Bonchev–Trinajstić information content (AvgIpc) is 2.98. The number of nitrogens with zero attached hydrogens (tertiary/aromatic N) is 1. The minimum atomic E-state index is -0.293. The molecule has 1 N–H and O–H groups in total. The van der Waals surface area contributed by atoms with Crippen molar-refractivity contribution in [1.29, 1.82) is 0 Å². The van der Waals surface area contributed by atoms with Gasteiger partial charge in [-0.2, -0.15) is 0 Å². The molecule has 1 aromatic heterocycles. The quantitative estimate of drug-likeness (QED) is 0.902. The number of hydrogen-bond acceptors (Lipinski definition) is 3. The molecule has 0 saturated heterocycles. The molecule has 98 valence electrons. The van der Waals surface area contributed by atoms with Gasteiger partial charge in [-0.25, -0.2) is 4.39 Å². The molecule has 1 heterocycles. The van der Waals surface area contributed by atoms with Crippen molar-refractivity contribution in [2.75, 3.05) is 0 Å². The van der Waals surface area contributed by atoms with Crippen molar-refractivity contribution in [3.05, 3.63) is 52.7 Å². The topological polar surface area (TPSA) is 55.1 Å². The summed E-state index contributed by atoms with van der Waals surface area (Å²) < 4.78 is 18.5. The largest absolute Gasteiger partial charge is 0.361 e. The zero-order chi connectivity index (χ0) is 13.4. The van der Waals surface area contributed by atoms with Crippen molar-refractivity contribution in [1.82, 2.24) is 10.5 Å². The molecule has 5 heteroatoms. The summed E-state index contributed by atoms with van der Waals surface area (Å²) in [6, 6.07) is 6.39. The van der Waals surface area contributed by atoms with Crippen molar-refractivity contribution < 1.29 is 13.7 Å². The van der Waals surface area contributed by atoms with Gasteiger partial charge in [-0.1, -0.05) is 17.3 Å². The first-order valence-corrected chi connectivity index (χ1v) is 6.16. The highest BCUT2D eigenvalue weighted by Gasteiger charge is 2.27. The second-order valence-electron chi connectivity index (χ2n) is 4.70. The molecule has 0 bridgehead atoms. The maximum atomic E-state index is 13.6. The number of halogens is 1. The SMILES string of the molecule is Cc1cc(C(=O)NC2CCc3c(F)cccc32)no1. The van der Waals surface area contributed by atoms with Gasteiger partial charge in [-0.15, -0.1) is 0 Å². The molecule has 19 heavy (non-hydrogen) atoms. The number of aryl methyl sites for hydroxylation is 1. The molecule has 0 spiro atoms. The zero-order valence-corrected chi connectivity index (χ0v) is 10.4. The van der Waals surface area contributed by atoms with Crippen LogP contribution in [0.1, 0.15) is 39.8 Å². The van der Waals surface area contributed by atoms with E-state index in [9.17, 15) is 9.18 Å². The molecular formula is C14H13FN2O2. The molecule has 0 radical (unpaired) electrons. The molecule has 1 unspecified atom stereocenters. The minimum Gasteiger partial charge on any atom is -0.361 e. The molecule has 1 atom stereocenters. The Bertz CT molecular complexity index is 636. The van der Waals surface area contributed by atoms with Crippen LogP contribution in [0.15, 0.2) is 28.8 Å². The van der Waals surface area contributed by atoms with Crippen LogP contribution in [0, 0.1) is 12.7 Å². The normalized spacial score (nSPS) is 17.3. The third-order valence-electron chi connectivity index (χ3n) is 3.38. The van der Waals surface area contributed by atoms with Gasteiger partial charge >= 0.3 is 0 Å². The number of carbonyl (C=O) groups excluding carboxylic acids is 1. The van der Waals surface area contributed by atoms with E-state index >= 15 is 0 Å². The van der Waals surface area contributed by atoms with Gasteiger partial charge in [0, 0.05) is 6.07 Å². The van der Waals surface area contributed by atoms with E-state index in [1.54, 1.807) is 19.1 Å². The molecular weight excluding hydrogens is 247 g/mol. The monoisotopic (exact) mass is 260 g/mol. The first kappa shape index (κ1) is 11.9. The Labute approximate surface area is 109 Å². The molecule has 1 aliphatic rings. The van der Waals surface area contributed by atoms with Crippen LogP contribution in [0.4, 0.5) is 4.39 Å². The van der Waals surface area contributed by atoms with Crippen LogP contribution in [-0.2, 0) is 6.42 Å². The van der Waals surface area contributed by atoms with Crippen LogP contribution in [0.3, 0.4) is 0 Å². The summed E-state index contributed by atoms with van der Waals surface area (Å²) >= 11 is 0. The second-order valence-corrected chi connectivity index (χ2v) is 4.70. The Morgan fingerprint density at radius 2 is 2.37 bits per heavy atom. The molecule has 1 aliphatic carbocycles. The summed E-state index contributed by atoms with van der Waals surface area (Å²) in [6.07, 6.45) is 1.35. The second kappa shape index (κ2) is 4.50. The molecule has 2 aromatic rings. The Hall–Kier alpha value is -2.17. The molecule has 3 rings (SSSR count). The zero-order valence-electron chi connectivity index (χ0n) is 10.4. The number of aromatic nitrogens is 1. The summed E-state index contributed by atoms with van der Waals surface area (Å²) in [5.74, 6) is 0.0912. The number of rotatable bonds is 2. The maximum Gasteiger partial charge on any atom is 0.273 e. The summed E-state index contributed by atoms with van der Waals surface area (Å²) in [7, 11) is 0. The first-order chi connectivity index (χ1) is 9.15. The highest BCUT2D eigenvalue weighted by molar-refractivity contribution is 5.92. The fraction of sp³-hybridized carbons (Fsp3) is 0.286. The molecule has 0 aliphatic heterocycles. The van der Waals surface area contributed by atoms with E-state index in [0.29, 0.717) is 24.2 Å². The summed E-state index contributed by atoms with van der Waals surface area (Å²) in [6.45, 7) is 1.73. The highest BCUT2D eigenvalue weighted by Crippen LogP contribution is 2.32. The lowest BCUT2D eigenvalue weighted by Crippen LogP contribution is -2.27. The molecule has 1 aromatic carbocycles. The average molecular weight is 260 g/mol. The summed E-state index contributed by atoms with van der Waals surface area (Å²) in [5, 5.41) is 6.53. The lowest BCUT2D eigenvalue weighted by Gasteiger charge is -2.12. The number of fused-ring (bicyclic) bond motifs is 1. The van der Waals surface area contributed by atoms with Crippen LogP contribution < -0.4 is 5.32 Å². The fourth-order valence-corrected chi connectivity index (χ4v) is 2.47. The first-order valence-electron chi connectivity index (χ1n) is 6.16. The number of nitrogens with one attached hydrogen (secondary N) is 1. The van der Waals surface area contributed by atoms with E-state index in [-0.39, 0.29) is 23.5 Å². The van der Waals surface area contributed by atoms with Crippen LogP contribution in [0.25, 0.3) is 0 Å². The summed E-state index contributed by atoms with van der Waals surface area (Å²) in [4.78, 5) is 12.0. The van der Waals surface area contributed by atoms with Gasteiger partial charge in [0.15, 0.2) is 5.69 Å². The Balaban J connectivity index is 1.80. The van der Waals surface area contributed by atoms with Crippen molar-refractivity contribution in [3.63, 3.8) is 0 Å². The van der Waals surface area contributed by atoms with E-state index in [2.05, 4.69) is 10.5 Å². The Kier molecular flexibility index (Phi) is 2.81. The Morgan fingerprint density at radius 1 is 1.53 bits per heavy atom. The van der Waals surface area contributed by atoms with Gasteiger partial charge in [0.05, 0.1) is 6.04 Å². The lowest BCUT2D eigenvalue weighted by atomic mass is 10.1. The third kappa shape index (κ3) is 2.12. The minimum absolute atomic E-state index is 0.157. The summed E-state index contributed by atoms with van der Waals surface area (Å²) in [5.41, 5.74) is 1.81. The highest BCUT2D eigenvalue weighted by atomic mass is 19.1. The molecule has 0 saturated carbocycles. The predicted octanol–water partition coefficient (Wildman–Crippen LogP) is 2.54. The van der Waals surface area contributed by atoms with Crippen molar-refractivity contribution in [2.24, 2.45) is 0 Å². The van der Waals surface area contributed by atoms with Crippen molar-refractivity contribution >= 4 is 5.91 Å². The number of hydrogen-bond donors (Lipinski definition) is 1. The van der Waals surface area contributed by atoms with Crippen molar-refractivity contribution in [2.45, 2.75) is 25.8 Å². The van der Waals surface area contributed by atoms with E-state index < -0.39 is 0 Å². The van der Waals surface area contributed by atoms with Gasteiger partial charge in [0.2, 0.25) is 0 Å². The van der Waals surface area contributed by atoms with E-state index in [4.69, 9.17) is 4.52 Å². The lowest BCUT2D eigenvalue weighted by molar-refractivity contribution is 0.0927. The fourth-order valence-electron chi connectivity index (χ4n) is 2.47.